The van der Waals surface area contributed by atoms with E-state index < -0.39 is 5.97 Å². The minimum Gasteiger partial charge on any atom is -0.476 e. The summed E-state index contributed by atoms with van der Waals surface area (Å²) in [4.78, 5) is 14.6. The van der Waals surface area contributed by atoms with E-state index in [0.717, 1.165) is 19.5 Å². The Balaban J connectivity index is 1.63. The van der Waals surface area contributed by atoms with Crippen molar-refractivity contribution < 1.29 is 9.90 Å². The second-order valence-corrected chi connectivity index (χ2v) is 5.93. The fourth-order valence-corrected chi connectivity index (χ4v) is 3.57. The number of carboxylic acids is 1. The minimum atomic E-state index is -1.04. The van der Waals surface area contributed by atoms with Gasteiger partial charge in [-0.25, -0.2) is 4.79 Å². The summed E-state index contributed by atoms with van der Waals surface area (Å²) in [5, 5.41) is 18.4. The van der Waals surface area contributed by atoms with Crippen molar-refractivity contribution in [1.29, 1.82) is 0 Å². The van der Waals surface area contributed by atoms with Crippen LogP contribution in [0.1, 0.15) is 33.9 Å². The van der Waals surface area contributed by atoms with Crippen molar-refractivity contribution in [2.75, 3.05) is 13.1 Å². The summed E-state index contributed by atoms with van der Waals surface area (Å²) >= 11 is 1.83. The number of thiophene rings is 1. The Morgan fingerprint density at radius 1 is 1.55 bits per heavy atom. The molecule has 0 amide bonds. The summed E-state index contributed by atoms with van der Waals surface area (Å²) in [6.45, 7) is 4.76. The topological polar surface area (TPSA) is 71.2 Å². The van der Waals surface area contributed by atoms with Crippen molar-refractivity contribution in [2.24, 2.45) is 0 Å². The predicted octanol–water partition coefficient (Wildman–Crippen LogP) is 1.66. The maximum atomic E-state index is 10.8. The van der Waals surface area contributed by atoms with E-state index in [0.29, 0.717) is 12.6 Å². The molecule has 0 saturated heterocycles. The Morgan fingerprint density at radius 2 is 2.40 bits per heavy atom. The number of carboxylic acid groups (broad SMARTS) is 1. The van der Waals surface area contributed by atoms with E-state index in [-0.39, 0.29) is 5.69 Å². The lowest BCUT2D eigenvalue weighted by Gasteiger charge is -2.33. The molecular weight excluding hydrogens is 276 g/mol. The molecule has 7 heteroatoms. The molecule has 20 heavy (non-hydrogen) atoms. The molecule has 0 aliphatic carbocycles. The van der Waals surface area contributed by atoms with Gasteiger partial charge in [-0.1, -0.05) is 5.21 Å². The van der Waals surface area contributed by atoms with E-state index >= 15 is 0 Å². The number of hydrogen-bond acceptors (Lipinski definition) is 5. The van der Waals surface area contributed by atoms with Gasteiger partial charge in [-0.05, 0) is 30.4 Å². The van der Waals surface area contributed by atoms with E-state index in [1.807, 2.05) is 11.3 Å². The Kier molecular flexibility index (Phi) is 3.54. The standard InChI is InChI=1S/C13H16N4O2S/c1-9-10-3-7-20-12(10)2-4-16(9)5-6-17-8-11(13(18)19)14-15-17/h3,7-9H,2,4-6H2,1H3,(H,18,19). The number of carbonyl (C=O) groups is 1. The van der Waals surface area contributed by atoms with Crippen LogP contribution >= 0.6 is 11.3 Å². The van der Waals surface area contributed by atoms with E-state index in [1.54, 1.807) is 4.68 Å². The number of nitrogens with zero attached hydrogens (tertiary/aromatic N) is 4. The zero-order valence-corrected chi connectivity index (χ0v) is 12.0. The molecule has 106 valence electrons. The Bertz CT molecular complexity index is 621. The van der Waals surface area contributed by atoms with Crippen molar-refractivity contribution in [2.45, 2.75) is 25.9 Å². The highest BCUT2D eigenvalue weighted by molar-refractivity contribution is 7.10. The molecule has 0 fully saturated rings. The number of fused-ring (bicyclic) bond motifs is 1. The molecule has 1 aliphatic rings. The van der Waals surface area contributed by atoms with Gasteiger partial charge in [0, 0.05) is 24.0 Å². The summed E-state index contributed by atoms with van der Waals surface area (Å²) in [7, 11) is 0. The van der Waals surface area contributed by atoms with Crippen LogP contribution < -0.4 is 0 Å². The average molecular weight is 292 g/mol. The Morgan fingerprint density at radius 3 is 3.15 bits per heavy atom. The average Bonchev–Trinajstić information content (AvgIpc) is 3.07. The molecular formula is C13H16N4O2S. The molecule has 6 nitrogen and oxygen atoms in total. The van der Waals surface area contributed by atoms with E-state index in [1.165, 1.54) is 16.6 Å². The number of hydrogen-bond donors (Lipinski definition) is 1. The highest BCUT2D eigenvalue weighted by atomic mass is 32.1. The molecule has 0 radical (unpaired) electrons. The molecule has 1 aliphatic heterocycles. The quantitative estimate of drug-likeness (QED) is 0.928. The van der Waals surface area contributed by atoms with Gasteiger partial charge in [-0.3, -0.25) is 9.58 Å². The molecule has 3 rings (SSSR count). The van der Waals surface area contributed by atoms with Gasteiger partial charge in [0.1, 0.15) is 0 Å². The third-order valence-electron chi connectivity index (χ3n) is 3.78. The summed E-state index contributed by atoms with van der Waals surface area (Å²) < 4.78 is 1.60. The highest BCUT2D eigenvalue weighted by Gasteiger charge is 2.24. The first-order valence-electron chi connectivity index (χ1n) is 6.59. The molecule has 2 aromatic heterocycles. The molecule has 1 atom stereocenters. The summed E-state index contributed by atoms with van der Waals surface area (Å²) in [5.41, 5.74) is 1.42. The molecule has 1 unspecified atom stereocenters. The van der Waals surface area contributed by atoms with Crippen molar-refractivity contribution in [3.05, 3.63) is 33.8 Å². The number of aromatic carboxylic acids is 1. The number of aromatic nitrogens is 3. The normalized spacial score (nSPS) is 18.9. The molecule has 2 aromatic rings. The second-order valence-electron chi connectivity index (χ2n) is 4.93. The second kappa shape index (κ2) is 5.34. The highest BCUT2D eigenvalue weighted by Crippen LogP contribution is 2.32. The third-order valence-corrected chi connectivity index (χ3v) is 4.77. The summed E-state index contributed by atoms with van der Waals surface area (Å²) in [6.07, 6.45) is 2.57. The summed E-state index contributed by atoms with van der Waals surface area (Å²) in [6, 6.07) is 2.61. The first-order valence-corrected chi connectivity index (χ1v) is 7.47. The maximum Gasteiger partial charge on any atom is 0.358 e. The molecule has 3 heterocycles. The van der Waals surface area contributed by atoms with Gasteiger partial charge in [-0.2, -0.15) is 0 Å². The number of rotatable bonds is 4. The monoisotopic (exact) mass is 292 g/mol. The lowest BCUT2D eigenvalue weighted by Crippen LogP contribution is -2.35. The molecule has 0 saturated carbocycles. The van der Waals surface area contributed by atoms with Crippen LogP contribution in [0.25, 0.3) is 0 Å². The third kappa shape index (κ3) is 2.46. The first-order chi connectivity index (χ1) is 9.65. The fourth-order valence-electron chi connectivity index (χ4n) is 2.60. The lowest BCUT2D eigenvalue weighted by molar-refractivity contribution is 0.0690. The van der Waals surface area contributed by atoms with Gasteiger partial charge in [0.25, 0.3) is 0 Å². The van der Waals surface area contributed by atoms with E-state index in [9.17, 15) is 4.79 Å². The van der Waals surface area contributed by atoms with Crippen LogP contribution in [0, 0.1) is 0 Å². The summed E-state index contributed by atoms with van der Waals surface area (Å²) in [5.74, 6) is -1.04. The van der Waals surface area contributed by atoms with Crippen molar-refractivity contribution in [3.8, 4) is 0 Å². The van der Waals surface area contributed by atoms with Crippen LogP contribution in [-0.2, 0) is 13.0 Å². The molecule has 0 bridgehead atoms. The smallest absolute Gasteiger partial charge is 0.358 e. The zero-order chi connectivity index (χ0) is 14.1. The Labute approximate surface area is 120 Å². The largest absolute Gasteiger partial charge is 0.476 e. The SMILES string of the molecule is CC1c2ccsc2CCN1CCn1cc(C(=O)O)nn1. The lowest BCUT2D eigenvalue weighted by atomic mass is 10.0. The predicted molar refractivity (Wildman–Crippen MR) is 75.0 cm³/mol. The van der Waals surface area contributed by atoms with Gasteiger partial charge in [-0.15, -0.1) is 16.4 Å². The zero-order valence-electron chi connectivity index (χ0n) is 11.2. The first kappa shape index (κ1) is 13.3. The van der Waals surface area contributed by atoms with Crippen LogP contribution in [-0.4, -0.2) is 44.1 Å². The Hall–Kier alpha value is -1.73. The fraction of sp³-hybridized carbons (Fsp3) is 0.462. The van der Waals surface area contributed by atoms with Crippen LogP contribution in [0.4, 0.5) is 0 Å². The van der Waals surface area contributed by atoms with Crippen molar-refractivity contribution in [1.82, 2.24) is 19.9 Å². The van der Waals surface area contributed by atoms with Gasteiger partial charge in [0.15, 0.2) is 5.69 Å². The van der Waals surface area contributed by atoms with Crippen molar-refractivity contribution >= 4 is 17.3 Å². The van der Waals surface area contributed by atoms with Crippen molar-refractivity contribution in [3.63, 3.8) is 0 Å². The minimum absolute atomic E-state index is 0.00295. The van der Waals surface area contributed by atoms with E-state index in [2.05, 4.69) is 33.6 Å². The van der Waals surface area contributed by atoms with Gasteiger partial charge in [0.2, 0.25) is 0 Å². The molecule has 0 spiro atoms. The van der Waals surface area contributed by atoms with Gasteiger partial charge in [0.05, 0.1) is 12.7 Å². The van der Waals surface area contributed by atoms with Crippen LogP contribution in [0.3, 0.4) is 0 Å². The molecule has 1 N–H and O–H groups in total. The van der Waals surface area contributed by atoms with E-state index in [4.69, 9.17) is 5.11 Å². The van der Waals surface area contributed by atoms with Gasteiger partial charge >= 0.3 is 5.97 Å². The van der Waals surface area contributed by atoms with Gasteiger partial charge < -0.3 is 5.11 Å². The maximum absolute atomic E-state index is 10.8. The van der Waals surface area contributed by atoms with Crippen LogP contribution in [0.15, 0.2) is 17.6 Å². The molecule has 0 aromatic carbocycles. The van der Waals surface area contributed by atoms with Crippen LogP contribution in [0.2, 0.25) is 0 Å². The van der Waals surface area contributed by atoms with Crippen LogP contribution in [0.5, 0.6) is 0 Å².